The Kier molecular flexibility index (Phi) is 6.06. The molecule has 0 fully saturated rings. The predicted molar refractivity (Wildman–Crippen MR) is 131 cm³/mol. The van der Waals surface area contributed by atoms with Crippen molar-refractivity contribution in [3.05, 3.63) is 93.3 Å². The number of benzene rings is 2. The zero-order valence-corrected chi connectivity index (χ0v) is 19.9. The van der Waals surface area contributed by atoms with Crippen molar-refractivity contribution >= 4 is 23.4 Å². The highest BCUT2D eigenvalue weighted by atomic mass is 35.5. The summed E-state index contributed by atoms with van der Waals surface area (Å²) < 4.78 is 6.30. The number of fused-ring (bicyclic) bond motifs is 2. The van der Waals surface area contributed by atoms with Gasteiger partial charge in [0.15, 0.2) is 11.6 Å². The van der Waals surface area contributed by atoms with E-state index in [0.717, 1.165) is 44.1 Å². The second-order valence-electron chi connectivity index (χ2n) is 8.04. The molecule has 5 rings (SSSR count). The molecular weight excluding hydrogens is 454 g/mol. The Labute approximate surface area is 201 Å². The van der Waals surface area contributed by atoms with Crippen molar-refractivity contribution in [3.63, 3.8) is 0 Å². The molecule has 1 aliphatic rings. The molecule has 0 saturated carbocycles. The summed E-state index contributed by atoms with van der Waals surface area (Å²) in [5.74, 6) is 2.56. The number of aliphatic hydroxyl groups is 1. The van der Waals surface area contributed by atoms with Gasteiger partial charge in [0, 0.05) is 40.1 Å². The minimum absolute atomic E-state index is 0.0957. The van der Waals surface area contributed by atoms with Gasteiger partial charge < -0.3 is 9.84 Å². The van der Waals surface area contributed by atoms with Gasteiger partial charge in [0.25, 0.3) is 0 Å². The number of thioether (sulfide) groups is 1. The van der Waals surface area contributed by atoms with Gasteiger partial charge in [-0.05, 0) is 37.6 Å². The number of pyridine rings is 1. The van der Waals surface area contributed by atoms with Crippen LogP contribution in [-0.2, 0) is 18.8 Å². The average Bonchev–Trinajstić information content (AvgIpc) is 2.82. The van der Waals surface area contributed by atoms with Gasteiger partial charge in [0.2, 0.25) is 5.88 Å². The van der Waals surface area contributed by atoms with Gasteiger partial charge in [-0.1, -0.05) is 47.5 Å². The summed E-state index contributed by atoms with van der Waals surface area (Å²) in [6, 6.07) is 16.0. The number of aromatic nitrogens is 3. The number of halogens is 1. The molecule has 166 valence electrons. The van der Waals surface area contributed by atoms with E-state index in [9.17, 15) is 5.11 Å². The van der Waals surface area contributed by atoms with Gasteiger partial charge in [0.1, 0.15) is 5.03 Å². The molecule has 2 aromatic carbocycles. The van der Waals surface area contributed by atoms with E-state index in [-0.39, 0.29) is 6.61 Å². The topological polar surface area (TPSA) is 68.1 Å². The Morgan fingerprint density at radius 3 is 2.70 bits per heavy atom. The molecule has 3 heterocycles. The molecule has 5 nitrogen and oxygen atoms in total. The van der Waals surface area contributed by atoms with E-state index in [4.69, 9.17) is 26.3 Å². The molecule has 0 amide bonds. The molecule has 0 radical (unpaired) electrons. The molecule has 0 spiro atoms. The summed E-state index contributed by atoms with van der Waals surface area (Å²) in [7, 11) is 0. The van der Waals surface area contributed by atoms with E-state index < -0.39 is 0 Å². The first kappa shape index (κ1) is 21.9. The van der Waals surface area contributed by atoms with Crippen molar-refractivity contribution < 1.29 is 9.84 Å². The Morgan fingerprint density at radius 1 is 1.06 bits per heavy atom. The highest BCUT2D eigenvalue weighted by molar-refractivity contribution is 7.98. The van der Waals surface area contributed by atoms with Crippen LogP contribution in [0.2, 0.25) is 5.02 Å². The maximum absolute atomic E-state index is 9.85. The van der Waals surface area contributed by atoms with Gasteiger partial charge in [-0.25, -0.2) is 4.98 Å². The van der Waals surface area contributed by atoms with Gasteiger partial charge in [-0.15, -0.1) is 11.8 Å². The second-order valence-corrected chi connectivity index (χ2v) is 9.44. The van der Waals surface area contributed by atoms with Crippen molar-refractivity contribution in [2.75, 3.05) is 0 Å². The van der Waals surface area contributed by atoms with Crippen LogP contribution in [0, 0.1) is 13.8 Å². The summed E-state index contributed by atoms with van der Waals surface area (Å²) >= 11 is 7.82. The van der Waals surface area contributed by atoms with E-state index in [2.05, 4.69) is 30.1 Å². The number of aliphatic hydroxyl groups excluding tert-OH is 1. The maximum atomic E-state index is 9.85. The summed E-state index contributed by atoms with van der Waals surface area (Å²) in [5, 5.41) is 11.4. The van der Waals surface area contributed by atoms with E-state index >= 15 is 0 Å². The molecule has 1 N–H and O–H groups in total. The van der Waals surface area contributed by atoms with Crippen LogP contribution < -0.4 is 4.74 Å². The van der Waals surface area contributed by atoms with E-state index in [1.54, 1.807) is 18.0 Å². The highest BCUT2D eigenvalue weighted by Gasteiger charge is 2.27. The lowest BCUT2D eigenvalue weighted by atomic mass is 9.99. The van der Waals surface area contributed by atoms with Crippen LogP contribution in [0.4, 0.5) is 0 Å². The van der Waals surface area contributed by atoms with Crippen LogP contribution >= 0.6 is 23.4 Å². The fraction of sp³-hybridized carbons (Fsp3) is 0.192. The first-order valence-corrected chi connectivity index (χ1v) is 12.0. The minimum atomic E-state index is -0.0957. The minimum Gasteiger partial charge on any atom is -0.436 e. The van der Waals surface area contributed by atoms with Crippen LogP contribution in [0.1, 0.15) is 33.5 Å². The van der Waals surface area contributed by atoms with Crippen LogP contribution in [0.25, 0.3) is 11.4 Å². The fourth-order valence-electron chi connectivity index (χ4n) is 3.90. The third-order valence-corrected chi connectivity index (χ3v) is 6.92. The Hall–Kier alpha value is -2.93. The lowest BCUT2D eigenvalue weighted by Crippen LogP contribution is -2.13. The Bertz CT molecular complexity index is 1360. The van der Waals surface area contributed by atoms with Gasteiger partial charge >= 0.3 is 0 Å². The number of hydrogen-bond donors (Lipinski definition) is 1. The normalized spacial score (nSPS) is 12.1. The SMILES string of the molecule is Cc1cccc(-c2nc3c(c(SCc4cccc(Cl)c4)n2)Cc2c(CO)cnc(C)c2O3)c1. The Balaban J connectivity index is 1.60. The number of aryl methyl sites for hydroxylation is 2. The first-order chi connectivity index (χ1) is 16.0. The molecule has 33 heavy (non-hydrogen) atoms. The fourth-order valence-corrected chi connectivity index (χ4v) is 5.09. The maximum Gasteiger partial charge on any atom is 0.227 e. The van der Waals surface area contributed by atoms with Gasteiger partial charge in [-0.2, -0.15) is 4.98 Å². The van der Waals surface area contributed by atoms with Gasteiger partial charge in [0.05, 0.1) is 17.9 Å². The van der Waals surface area contributed by atoms with Gasteiger partial charge in [-0.3, -0.25) is 4.98 Å². The standard InChI is InChI=1S/C26H22ClN3O2S/c1-15-5-3-7-18(9-15)24-29-25-22(11-21-19(13-31)12-28-16(2)23(21)32-25)26(30-24)33-14-17-6-4-8-20(27)10-17/h3-10,12,31H,11,13-14H2,1-2H3. The van der Waals surface area contributed by atoms with Crippen molar-refractivity contribution in [2.45, 2.75) is 37.7 Å². The van der Waals surface area contributed by atoms with Crippen LogP contribution in [0.3, 0.4) is 0 Å². The number of nitrogens with zero attached hydrogens (tertiary/aromatic N) is 3. The second kappa shape index (κ2) is 9.14. The summed E-state index contributed by atoms with van der Waals surface area (Å²) in [4.78, 5) is 14.1. The summed E-state index contributed by atoms with van der Waals surface area (Å²) in [5.41, 5.74) is 6.59. The molecule has 0 atom stereocenters. The molecule has 2 aromatic heterocycles. The van der Waals surface area contributed by atoms with Crippen molar-refractivity contribution in [1.82, 2.24) is 15.0 Å². The molecule has 0 saturated heterocycles. The molecule has 0 bridgehead atoms. The summed E-state index contributed by atoms with van der Waals surface area (Å²) in [6.45, 7) is 3.86. The third-order valence-electron chi connectivity index (χ3n) is 5.60. The van der Waals surface area contributed by atoms with Crippen LogP contribution in [0.15, 0.2) is 59.8 Å². The number of ether oxygens (including phenoxy) is 1. The molecule has 4 aromatic rings. The third kappa shape index (κ3) is 4.47. The monoisotopic (exact) mass is 475 g/mol. The van der Waals surface area contributed by atoms with Crippen molar-refractivity contribution in [3.8, 4) is 23.0 Å². The van der Waals surface area contributed by atoms with Crippen LogP contribution in [-0.4, -0.2) is 20.1 Å². The number of rotatable bonds is 5. The van der Waals surface area contributed by atoms with Crippen molar-refractivity contribution in [1.29, 1.82) is 0 Å². The van der Waals surface area contributed by atoms with E-state index in [0.29, 0.717) is 34.7 Å². The van der Waals surface area contributed by atoms with Crippen LogP contribution in [0.5, 0.6) is 11.6 Å². The lowest BCUT2D eigenvalue weighted by Gasteiger charge is -2.24. The first-order valence-electron chi connectivity index (χ1n) is 10.6. The van der Waals surface area contributed by atoms with Crippen molar-refractivity contribution in [2.24, 2.45) is 0 Å². The number of hydrogen-bond acceptors (Lipinski definition) is 6. The van der Waals surface area contributed by atoms with E-state index in [1.807, 2.05) is 37.3 Å². The largest absolute Gasteiger partial charge is 0.436 e. The summed E-state index contributed by atoms with van der Waals surface area (Å²) in [6.07, 6.45) is 2.29. The average molecular weight is 476 g/mol. The predicted octanol–water partition coefficient (Wildman–Crippen LogP) is 6.29. The smallest absolute Gasteiger partial charge is 0.227 e. The highest BCUT2D eigenvalue weighted by Crippen LogP contribution is 2.43. The molecule has 0 aliphatic carbocycles. The Morgan fingerprint density at radius 2 is 1.91 bits per heavy atom. The molecule has 0 unspecified atom stereocenters. The zero-order chi connectivity index (χ0) is 22.9. The van der Waals surface area contributed by atoms with E-state index in [1.165, 1.54) is 0 Å². The molecular formula is C26H22ClN3O2S. The molecule has 1 aliphatic heterocycles. The zero-order valence-electron chi connectivity index (χ0n) is 18.3. The molecule has 7 heteroatoms. The lowest BCUT2D eigenvalue weighted by molar-refractivity contribution is 0.278. The quantitative estimate of drug-likeness (QED) is 0.238.